The van der Waals surface area contributed by atoms with Gasteiger partial charge in [0.1, 0.15) is 12.4 Å². The first kappa shape index (κ1) is 16.3. The molecule has 0 fully saturated rings. The summed E-state index contributed by atoms with van der Waals surface area (Å²) in [6.07, 6.45) is 0.593. The quantitative estimate of drug-likeness (QED) is 0.837. The molecule has 0 aliphatic rings. The molecule has 6 heteroatoms. The topological polar surface area (TPSA) is 69.4 Å². The molecule has 108 valence electrons. The molecule has 0 aliphatic heterocycles. The molecule has 1 aromatic rings. The summed E-state index contributed by atoms with van der Waals surface area (Å²) in [4.78, 5) is 0. The molecule has 0 spiro atoms. The van der Waals surface area contributed by atoms with Gasteiger partial charge in [-0.3, -0.25) is 0 Å². The molecular formula is C13H20ClNO3S. The first-order valence-corrected chi connectivity index (χ1v) is 8.42. The van der Waals surface area contributed by atoms with Gasteiger partial charge in [-0.15, -0.1) is 0 Å². The van der Waals surface area contributed by atoms with E-state index in [4.69, 9.17) is 22.1 Å². The molecule has 0 bridgehead atoms. The van der Waals surface area contributed by atoms with Crippen LogP contribution in [0.5, 0.6) is 5.75 Å². The summed E-state index contributed by atoms with van der Waals surface area (Å²) in [5, 5.41) is 0.591. The van der Waals surface area contributed by atoms with Crippen molar-refractivity contribution in [1.82, 2.24) is 0 Å². The van der Waals surface area contributed by atoms with Crippen molar-refractivity contribution in [3.05, 3.63) is 28.8 Å². The minimum atomic E-state index is -3.02. The van der Waals surface area contributed by atoms with Gasteiger partial charge in [-0.05, 0) is 25.5 Å². The van der Waals surface area contributed by atoms with E-state index in [1.807, 2.05) is 6.92 Å². The lowest BCUT2D eigenvalue weighted by atomic mass is 10.1. The Hall–Kier alpha value is -0.780. The predicted octanol–water partition coefficient (Wildman–Crippen LogP) is 2.04. The van der Waals surface area contributed by atoms with E-state index < -0.39 is 9.84 Å². The van der Waals surface area contributed by atoms with E-state index in [-0.39, 0.29) is 24.2 Å². The Morgan fingerprint density at radius 2 is 2.11 bits per heavy atom. The number of benzene rings is 1. The van der Waals surface area contributed by atoms with Crippen molar-refractivity contribution in [2.24, 2.45) is 5.73 Å². The fraction of sp³-hybridized carbons (Fsp3) is 0.538. The molecule has 0 saturated carbocycles. The van der Waals surface area contributed by atoms with Crippen molar-refractivity contribution in [3.8, 4) is 5.75 Å². The zero-order chi connectivity index (χ0) is 14.5. The van der Waals surface area contributed by atoms with Gasteiger partial charge in [0, 0.05) is 22.4 Å². The van der Waals surface area contributed by atoms with Gasteiger partial charge in [0.15, 0.2) is 9.84 Å². The Bertz CT molecular complexity index is 515. The molecule has 1 rings (SSSR count). The Morgan fingerprint density at radius 3 is 2.68 bits per heavy atom. The average molecular weight is 306 g/mol. The number of hydrogen-bond donors (Lipinski definition) is 1. The minimum absolute atomic E-state index is 0.00757. The van der Waals surface area contributed by atoms with E-state index in [0.29, 0.717) is 17.2 Å². The second kappa shape index (κ2) is 7.12. The van der Waals surface area contributed by atoms with Gasteiger partial charge in [-0.25, -0.2) is 8.42 Å². The fourth-order valence-electron chi connectivity index (χ4n) is 1.62. The SMILES string of the molecule is CCS(=O)(=O)CCOc1cccc(Cl)c1CC(C)N. The lowest BCUT2D eigenvalue weighted by molar-refractivity contribution is 0.336. The van der Waals surface area contributed by atoms with Crippen LogP contribution in [0.15, 0.2) is 18.2 Å². The van der Waals surface area contributed by atoms with Gasteiger partial charge in [-0.2, -0.15) is 0 Å². The van der Waals surface area contributed by atoms with Crippen molar-refractivity contribution >= 4 is 21.4 Å². The van der Waals surface area contributed by atoms with E-state index >= 15 is 0 Å². The van der Waals surface area contributed by atoms with Gasteiger partial charge in [0.25, 0.3) is 0 Å². The molecule has 0 radical (unpaired) electrons. The highest BCUT2D eigenvalue weighted by atomic mass is 35.5. The van der Waals surface area contributed by atoms with Crippen LogP contribution >= 0.6 is 11.6 Å². The van der Waals surface area contributed by atoms with Gasteiger partial charge >= 0.3 is 0 Å². The van der Waals surface area contributed by atoms with Crippen molar-refractivity contribution in [2.45, 2.75) is 26.3 Å². The standard InChI is InChI=1S/C13H20ClNO3S/c1-3-19(16,17)8-7-18-13-6-4-5-12(14)11(13)9-10(2)15/h4-6,10H,3,7-9,15H2,1-2H3. The lowest BCUT2D eigenvalue weighted by Gasteiger charge is -2.14. The highest BCUT2D eigenvalue weighted by molar-refractivity contribution is 7.91. The third kappa shape index (κ3) is 5.38. The maximum atomic E-state index is 11.4. The first-order chi connectivity index (χ1) is 8.85. The molecule has 0 heterocycles. The van der Waals surface area contributed by atoms with Gasteiger partial charge < -0.3 is 10.5 Å². The number of hydrogen-bond acceptors (Lipinski definition) is 4. The molecule has 2 N–H and O–H groups in total. The summed E-state index contributed by atoms with van der Waals surface area (Å²) < 4.78 is 28.3. The van der Waals surface area contributed by atoms with Gasteiger partial charge in [-0.1, -0.05) is 24.6 Å². The van der Waals surface area contributed by atoms with Crippen LogP contribution in [0.1, 0.15) is 19.4 Å². The van der Waals surface area contributed by atoms with Crippen molar-refractivity contribution < 1.29 is 13.2 Å². The Morgan fingerprint density at radius 1 is 1.42 bits per heavy atom. The Labute approximate surface area is 119 Å². The van der Waals surface area contributed by atoms with Crippen LogP contribution in [0.3, 0.4) is 0 Å². The second-order valence-electron chi connectivity index (χ2n) is 4.48. The maximum Gasteiger partial charge on any atom is 0.153 e. The van der Waals surface area contributed by atoms with E-state index in [0.717, 1.165) is 5.56 Å². The molecule has 0 aliphatic carbocycles. The molecule has 0 aromatic heterocycles. The van der Waals surface area contributed by atoms with Crippen molar-refractivity contribution in [3.63, 3.8) is 0 Å². The summed E-state index contributed by atoms with van der Waals surface area (Å²) >= 11 is 6.12. The zero-order valence-electron chi connectivity index (χ0n) is 11.2. The fourth-order valence-corrected chi connectivity index (χ4v) is 2.49. The van der Waals surface area contributed by atoms with E-state index in [1.165, 1.54) is 0 Å². The smallest absolute Gasteiger partial charge is 0.153 e. The van der Waals surface area contributed by atoms with Crippen LogP contribution in [-0.2, 0) is 16.3 Å². The molecule has 1 atom stereocenters. The summed E-state index contributed by atoms with van der Waals surface area (Å²) in [7, 11) is -3.02. The number of halogens is 1. The largest absolute Gasteiger partial charge is 0.492 e. The molecule has 19 heavy (non-hydrogen) atoms. The first-order valence-electron chi connectivity index (χ1n) is 6.22. The lowest BCUT2D eigenvalue weighted by Crippen LogP contribution is -2.20. The molecule has 0 amide bonds. The summed E-state index contributed by atoms with van der Waals surface area (Å²) in [5.74, 6) is 0.739. The van der Waals surface area contributed by atoms with Crippen molar-refractivity contribution in [1.29, 1.82) is 0 Å². The zero-order valence-corrected chi connectivity index (χ0v) is 12.8. The van der Waals surface area contributed by atoms with Crippen LogP contribution < -0.4 is 10.5 Å². The summed E-state index contributed by atoms with van der Waals surface area (Å²) in [5.41, 5.74) is 6.60. The van der Waals surface area contributed by atoms with Gasteiger partial charge in [0.05, 0.1) is 5.75 Å². The Balaban J connectivity index is 2.75. The van der Waals surface area contributed by atoms with Crippen LogP contribution in [0.25, 0.3) is 0 Å². The van der Waals surface area contributed by atoms with E-state index in [1.54, 1.807) is 25.1 Å². The Kier molecular flexibility index (Phi) is 6.10. The number of ether oxygens (including phenoxy) is 1. The number of nitrogens with two attached hydrogens (primary N) is 1. The number of sulfone groups is 1. The third-order valence-corrected chi connectivity index (χ3v) is 4.72. The van der Waals surface area contributed by atoms with Crippen LogP contribution in [-0.4, -0.2) is 32.6 Å². The molecule has 4 nitrogen and oxygen atoms in total. The predicted molar refractivity (Wildman–Crippen MR) is 78.6 cm³/mol. The molecule has 1 unspecified atom stereocenters. The molecule has 1 aromatic carbocycles. The second-order valence-corrected chi connectivity index (χ2v) is 7.36. The average Bonchev–Trinajstić information content (AvgIpc) is 2.33. The van der Waals surface area contributed by atoms with Crippen molar-refractivity contribution in [2.75, 3.05) is 18.1 Å². The maximum absolute atomic E-state index is 11.4. The molecular weight excluding hydrogens is 286 g/mol. The van der Waals surface area contributed by atoms with E-state index in [9.17, 15) is 8.42 Å². The van der Waals surface area contributed by atoms with Gasteiger partial charge in [0.2, 0.25) is 0 Å². The monoisotopic (exact) mass is 305 g/mol. The molecule has 0 saturated heterocycles. The normalized spacial score (nSPS) is 13.3. The highest BCUT2D eigenvalue weighted by Crippen LogP contribution is 2.27. The van der Waals surface area contributed by atoms with Crippen LogP contribution in [0.2, 0.25) is 5.02 Å². The van der Waals surface area contributed by atoms with E-state index in [2.05, 4.69) is 0 Å². The highest BCUT2D eigenvalue weighted by Gasteiger charge is 2.12. The summed E-state index contributed by atoms with van der Waals surface area (Å²) in [6, 6.07) is 5.29. The minimum Gasteiger partial charge on any atom is -0.492 e. The van der Waals surface area contributed by atoms with Crippen LogP contribution in [0, 0.1) is 0 Å². The third-order valence-electron chi connectivity index (χ3n) is 2.69. The number of rotatable bonds is 7. The summed E-state index contributed by atoms with van der Waals surface area (Å²) in [6.45, 7) is 3.63. The van der Waals surface area contributed by atoms with Crippen LogP contribution in [0.4, 0.5) is 0 Å².